The monoisotopic (exact) mass is 412 g/mol. The number of hydrogen-bond acceptors (Lipinski definition) is 1. The van der Waals surface area contributed by atoms with E-state index in [1.165, 1.54) is 31.4 Å². The first-order chi connectivity index (χ1) is 12.8. The molecule has 1 fully saturated rings. The lowest BCUT2D eigenvalue weighted by Gasteiger charge is -2.38. The number of likely N-dealkylation sites (tertiary alicyclic amines) is 1. The molecule has 0 atom stereocenters. The van der Waals surface area contributed by atoms with E-state index in [9.17, 15) is 18.0 Å². The van der Waals surface area contributed by atoms with E-state index in [2.05, 4.69) is 12.4 Å². The number of nitrogens with one attached hydrogen (secondary N) is 1. The molecule has 1 saturated heterocycles. The molecule has 0 unspecified atom stereocenters. The van der Waals surface area contributed by atoms with Gasteiger partial charge in [0, 0.05) is 16.8 Å². The van der Waals surface area contributed by atoms with E-state index in [0.717, 1.165) is 41.8 Å². The predicted octanol–water partition coefficient (Wildman–Crippen LogP) is 2.09. The Labute approximate surface area is 169 Å². The summed E-state index contributed by atoms with van der Waals surface area (Å²) < 4.78 is 39.5. The number of quaternary nitrogens is 1. The number of benzene rings is 2. The highest BCUT2D eigenvalue weighted by Gasteiger charge is 2.31. The average Bonchev–Trinajstić information content (AvgIpc) is 2.61. The first-order valence-electron chi connectivity index (χ1n) is 9.16. The fourth-order valence-electron chi connectivity index (χ4n) is 3.66. The minimum atomic E-state index is -4.47. The number of anilines is 1. The van der Waals surface area contributed by atoms with Crippen LogP contribution in [0.15, 0.2) is 48.5 Å². The first-order valence-corrected chi connectivity index (χ1v) is 9.16. The van der Waals surface area contributed by atoms with Crippen molar-refractivity contribution in [2.24, 2.45) is 0 Å². The number of alkyl halides is 3. The van der Waals surface area contributed by atoms with Crippen LogP contribution in [0.4, 0.5) is 18.9 Å². The van der Waals surface area contributed by atoms with Gasteiger partial charge in [0.15, 0.2) is 0 Å². The van der Waals surface area contributed by atoms with E-state index >= 15 is 0 Å². The van der Waals surface area contributed by atoms with Crippen molar-refractivity contribution in [3.63, 3.8) is 0 Å². The number of rotatable bonds is 4. The lowest BCUT2D eigenvalue weighted by Crippen LogP contribution is -3.00. The van der Waals surface area contributed by atoms with Crippen molar-refractivity contribution in [3.05, 3.63) is 65.2 Å². The minimum absolute atomic E-state index is 0. The van der Waals surface area contributed by atoms with Crippen LogP contribution in [-0.4, -0.2) is 30.5 Å². The topological polar surface area (TPSA) is 29.1 Å². The maximum absolute atomic E-state index is 12.8. The summed E-state index contributed by atoms with van der Waals surface area (Å²) in [6.45, 7) is 3.16. The molecule has 0 spiro atoms. The molecule has 1 aliphatic heterocycles. The molecule has 0 aromatic heterocycles. The number of nitrogens with zero attached hydrogens (tertiary/aromatic N) is 1. The SMILES string of the molecule is C[N+]1(Cc2cccc(NC(=O)c3cccc(C(F)(F)F)c3)c2)CCCCC1.[Cl-]. The van der Waals surface area contributed by atoms with Crippen molar-refractivity contribution in [3.8, 4) is 0 Å². The Bertz CT molecular complexity index is 817. The largest absolute Gasteiger partial charge is 1.00 e. The molecule has 0 saturated carbocycles. The van der Waals surface area contributed by atoms with Crippen LogP contribution < -0.4 is 17.7 Å². The van der Waals surface area contributed by atoms with E-state index in [1.807, 2.05) is 18.2 Å². The van der Waals surface area contributed by atoms with E-state index in [0.29, 0.717) is 5.69 Å². The molecular weight excluding hydrogens is 389 g/mol. The van der Waals surface area contributed by atoms with Gasteiger partial charge in [-0.2, -0.15) is 13.2 Å². The van der Waals surface area contributed by atoms with Crippen LogP contribution in [-0.2, 0) is 12.7 Å². The van der Waals surface area contributed by atoms with E-state index < -0.39 is 17.6 Å². The van der Waals surface area contributed by atoms with Crippen LogP contribution >= 0.6 is 0 Å². The van der Waals surface area contributed by atoms with E-state index in [1.54, 1.807) is 6.07 Å². The summed E-state index contributed by atoms with van der Waals surface area (Å²) in [5, 5.41) is 2.71. The summed E-state index contributed by atoms with van der Waals surface area (Å²) in [5.41, 5.74) is 0.872. The lowest BCUT2D eigenvalue weighted by molar-refractivity contribution is -0.926. The van der Waals surface area contributed by atoms with Gasteiger partial charge < -0.3 is 22.2 Å². The second kappa shape index (κ2) is 8.97. The minimum Gasteiger partial charge on any atom is -1.00 e. The van der Waals surface area contributed by atoms with Gasteiger partial charge in [-0.1, -0.05) is 18.2 Å². The summed E-state index contributed by atoms with van der Waals surface area (Å²) in [6.07, 6.45) is -0.741. The number of halogens is 4. The highest BCUT2D eigenvalue weighted by Crippen LogP contribution is 2.29. The molecule has 1 heterocycles. The van der Waals surface area contributed by atoms with Gasteiger partial charge in [0.1, 0.15) is 6.54 Å². The highest BCUT2D eigenvalue weighted by molar-refractivity contribution is 6.04. The molecule has 0 bridgehead atoms. The normalized spacial score (nSPS) is 16.1. The Morgan fingerprint density at radius 2 is 1.71 bits per heavy atom. The Hall–Kier alpha value is -2.05. The number of piperidine rings is 1. The Morgan fingerprint density at radius 1 is 1.04 bits per heavy atom. The fraction of sp³-hybridized carbons (Fsp3) is 0.381. The highest BCUT2D eigenvalue weighted by atomic mass is 35.5. The van der Waals surface area contributed by atoms with Gasteiger partial charge in [-0.15, -0.1) is 0 Å². The van der Waals surface area contributed by atoms with Gasteiger partial charge in [0.25, 0.3) is 5.91 Å². The van der Waals surface area contributed by atoms with Crippen molar-refractivity contribution < 1.29 is 34.9 Å². The first kappa shape index (κ1) is 22.2. The standard InChI is InChI=1S/C21H23F3N2O.ClH/c1-26(11-3-2-4-12-26)15-16-7-5-10-19(13-16)25-20(27)17-8-6-9-18(14-17)21(22,23)24;/h5-10,13-14H,2-4,11-12,15H2,1H3;1H. The van der Waals surface area contributed by atoms with Crippen molar-refractivity contribution in [2.75, 3.05) is 25.5 Å². The zero-order chi connectivity index (χ0) is 19.5. The molecule has 1 amide bonds. The molecule has 0 aliphatic carbocycles. The number of amides is 1. The Kier molecular flexibility index (Phi) is 7.12. The van der Waals surface area contributed by atoms with Gasteiger partial charge in [0.2, 0.25) is 0 Å². The lowest BCUT2D eigenvalue weighted by atomic mass is 10.1. The van der Waals surface area contributed by atoms with Gasteiger partial charge in [-0.25, -0.2) is 0 Å². The van der Waals surface area contributed by atoms with Gasteiger partial charge in [-0.3, -0.25) is 4.79 Å². The second-order valence-corrected chi connectivity index (χ2v) is 7.52. The van der Waals surface area contributed by atoms with E-state index in [4.69, 9.17) is 0 Å². The molecule has 152 valence electrons. The van der Waals surface area contributed by atoms with Crippen molar-refractivity contribution in [1.82, 2.24) is 0 Å². The summed E-state index contributed by atoms with van der Waals surface area (Å²) in [5.74, 6) is -0.545. The smallest absolute Gasteiger partial charge is 0.416 e. The quantitative estimate of drug-likeness (QED) is 0.766. The molecule has 3 nitrogen and oxygen atoms in total. The molecule has 1 aliphatic rings. The molecule has 2 aromatic carbocycles. The molecule has 7 heteroatoms. The van der Waals surface area contributed by atoms with Crippen LogP contribution in [0.25, 0.3) is 0 Å². The van der Waals surface area contributed by atoms with Crippen LogP contribution in [0, 0.1) is 0 Å². The summed E-state index contributed by atoms with van der Waals surface area (Å²) in [4.78, 5) is 12.4. The summed E-state index contributed by atoms with van der Waals surface area (Å²) in [7, 11) is 2.24. The molecule has 0 radical (unpaired) electrons. The molecule has 2 aromatic rings. The van der Waals surface area contributed by atoms with Crippen molar-refractivity contribution >= 4 is 11.6 Å². The van der Waals surface area contributed by atoms with Crippen LogP contribution in [0.3, 0.4) is 0 Å². The number of carbonyl (C=O) groups excluding carboxylic acids is 1. The summed E-state index contributed by atoms with van der Waals surface area (Å²) in [6, 6.07) is 12.0. The number of carbonyl (C=O) groups is 1. The second-order valence-electron chi connectivity index (χ2n) is 7.52. The average molecular weight is 413 g/mol. The van der Waals surface area contributed by atoms with Crippen LogP contribution in [0.2, 0.25) is 0 Å². The summed E-state index contributed by atoms with van der Waals surface area (Å²) >= 11 is 0. The van der Waals surface area contributed by atoms with Crippen molar-refractivity contribution in [1.29, 1.82) is 0 Å². The van der Waals surface area contributed by atoms with Gasteiger partial charge in [0.05, 0.1) is 25.7 Å². The maximum Gasteiger partial charge on any atom is 0.416 e. The van der Waals surface area contributed by atoms with Crippen LogP contribution in [0.1, 0.15) is 40.7 Å². The van der Waals surface area contributed by atoms with Crippen molar-refractivity contribution in [2.45, 2.75) is 32.0 Å². The maximum atomic E-state index is 12.8. The third kappa shape index (κ3) is 5.72. The Morgan fingerprint density at radius 3 is 2.39 bits per heavy atom. The number of hydrogen-bond donors (Lipinski definition) is 1. The van der Waals surface area contributed by atoms with Crippen LogP contribution in [0.5, 0.6) is 0 Å². The van der Waals surface area contributed by atoms with E-state index in [-0.39, 0.29) is 18.0 Å². The molecule has 1 N–H and O–H groups in total. The predicted molar refractivity (Wildman–Crippen MR) is 99.3 cm³/mol. The van der Waals surface area contributed by atoms with Gasteiger partial charge >= 0.3 is 6.18 Å². The van der Waals surface area contributed by atoms with Gasteiger partial charge in [-0.05, 0) is 49.6 Å². The third-order valence-corrected chi connectivity index (χ3v) is 5.10. The molecular formula is C21H24ClF3N2O. The molecule has 3 rings (SSSR count). The third-order valence-electron chi connectivity index (χ3n) is 5.10. The zero-order valence-corrected chi connectivity index (χ0v) is 16.5. The molecule has 28 heavy (non-hydrogen) atoms. The fourth-order valence-corrected chi connectivity index (χ4v) is 3.66. The Balaban J connectivity index is 0.00000280. The zero-order valence-electron chi connectivity index (χ0n) is 15.7.